The van der Waals surface area contributed by atoms with Crippen LogP contribution in [0.3, 0.4) is 0 Å². The van der Waals surface area contributed by atoms with E-state index in [1.165, 1.54) is 12.5 Å². The average Bonchev–Trinajstić information content (AvgIpc) is 2.88. The minimum absolute atomic E-state index is 0.0187. The molecule has 2 aromatic rings. The fourth-order valence-corrected chi connectivity index (χ4v) is 2.03. The maximum atomic E-state index is 10.7. The van der Waals surface area contributed by atoms with Crippen molar-refractivity contribution >= 4 is 27.6 Å². The van der Waals surface area contributed by atoms with Crippen LogP contribution in [0.15, 0.2) is 35.2 Å². The second-order valence-electron chi connectivity index (χ2n) is 4.03. The highest BCUT2D eigenvalue weighted by molar-refractivity contribution is 9.10. The van der Waals surface area contributed by atoms with Crippen molar-refractivity contribution in [2.24, 2.45) is 0 Å². The lowest BCUT2D eigenvalue weighted by Gasteiger charge is -2.09. The second kappa shape index (κ2) is 6.21. The largest absolute Gasteiger partial charge is 0.476 e. The van der Waals surface area contributed by atoms with Gasteiger partial charge in [0.1, 0.15) is 6.07 Å². The van der Waals surface area contributed by atoms with Gasteiger partial charge in [-0.25, -0.2) is 9.78 Å². The summed E-state index contributed by atoms with van der Waals surface area (Å²) in [7, 11) is 0. The third-order valence-corrected chi connectivity index (χ3v) is 3.13. The van der Waals surface area contributed by atoms with Crippen LogP contribution in [0.25, 0.3) is 0 Å². The fourth-order valence-electron chi connectivity index (χ4n) is 1.67. The average molecular weight is 335 g/mol. The van der Waals surface area contributed by atoms with E-state index >= 15 is 0 Å². The molecule has 0 spiro atoms. The van der Waals surface area contributed by atoms with Crippen molar-refractivity contribution in [2.45, 2.75) is 6.54 Å². The molecule has 2 N–H and O–H groups in total. The van der Waals surface area contributed by atoms with Gasteiger partial charge in [-0.05, 0) is 18.2 Å². The van der Waals surface area contributed by atoms with Gasteiger partial charge in [0.25, 0.3) is 0 Å². The molecule has 0 atom stereocenters. The molecular weight excluding hydrogens is 324 g/mol. The molecule has 7 heteroatoms. The Hall–Kier alpha value is -2.33. The van der Waals surface area contributed by atoms with Crippen molar-refractivity contribution in [2.75, 3.05) is 11.9 Å². The minimum Gasteiger partial charge on any atom is -0.476 e. The zero-order valence-electron chi connectivity index (χ0n) is 10.4. The number of nitrogens with zero attached hydrogens (tertiary/aromatic N) is 3. The van der Waals surface area contributed by atoms with Crippen molar-refractivity contribution in [1.29, 1.82) is 5.26 Å². The Balaban J connectivity index is 1.97. The van der Waals surface area contributed by atoms with E-state index in [1.807, 2.05) is 6.07 Å². The highest BCUT2D eigenvalue weighted by Gasteiger charge is 2.06. The van der Waals surface area contributed by atoms with E-state index in [2.05, 4.69) is 32.3 Å². The molecule has 20 heavy (non-hydrogen) atoms. The molecule has 0 aliphatic heterocycles. The summed E-state index contributed by atoms with van der Waals surface area (Å²) < 4.78 is 2.57. The Kier molecular flexibility index (Phi) is 4.38. The number of halogens is 1. The van der Waals surface area contributed by atoms with Gasteiger partial charge in [-0.2, -0.15) is 5.26 Å². The van der Waals surface area contributed by atoms with E-state index in [0.29, 0.717) is 18.7 Å². The third kappa shape index (κ3) is 3.36. The highest BCUT2D eigenvalue weighted by Crippen LogP contribution is 2.20. The molecule has 2 rings (SSSR count). The van der Waals surface area contributed by atoms with Crippen LogP contribution in [0.4, 0.5) is 5.69 Å². The number of carboxylic acids is 1. The lowest BCUT2D eigenvalue weighted by molar-refractivity contribution is 0.0691. The van der Waals surface area contributed by atoms with Crippen molar-refractivity contribution in [3.05, 3.63) is 46.5 Å². The second-order valence-corrected chi connectivity index (χ2v) is 4.95. The number of nitrogens with one attached hydrogen (secondary N) is 1. The first-order chi connectivity index (χ1) is 9.60. The molecule has 1 aromatic carbocycles. The number of aromatic nitrogens is 2. The Morgan fingerprint density at radius 1 is 1.55 bits per heavy atom. The summed E-state index contributed by atoms with van der Waals surface area (Å²) in [6, 6.07) is 7.47. The van der Waals surface area contributed by atoms with E-state index in [4.69, 9.17) is 10.4 Å². The predicted molar refractivity (Wildman–Crippen MR) is 76.5 cm³/mol. The van der Waals surface area contributed by atoms with Gasteiger partial charge in [0.05, 0.1) is 17.6 Å². The van der Waals surface area contributed by atoms with Gasteiger partial charge in [-0.3, -0.25) is 0 Å². The lowest BCUT2D eigenvalue weighted by Crippen LogP contribution is -2.10. The zero-order valence-corrected chi connectivity index (χ0v) is 12.0. The van der Waals surface area contributed by atoms with Crippen molar-refractivity contribution < 1.29 is 9.90 Å². The Morgan fingerprint density at radius 3 is 3.00 bits per heavy atom. The van der Waals surface area contributed by atoms with E-state index in [0.717, 1.165) is 10.2 Å². The maximum absolute atomic E-state index is 10.7. The van der Waals surface area contributed by atoms with Crippen LogP contribution in [0.2, 0.25) is 0 Å². The number of rotatable bonds is 5. The fraction of sp³-hybridized carbons (Fsp3) is 0.154. The molecule has 0 amide bonds. The minimum atomic E-state index is -1.05. The molecular formula is C13H11BrN4O2. The highest BCUT2D eigenvalue weighted by atomic mass is 79.9. The zero-order chi connectivity index (χ0) is 14.5. The molecule has 0 radical (unpaired) electrons. The summed E-state index contributed by atoms with van der Waals surface area (Å²) in [6.07, 6.45) is 2.94. The quantitative estimate of drug-likeness (QED) is 0.875. The summed E-state index contributed by atoms with van der Waals surface area (Å²) in [5, 5.41) is 20.9. The van der Waals surface area contributed by atoms with E-state index in [1.54, 1.807) is 16.7 Å². The SMILES string of the molecule is N#Cc1ccc(Br)cc1NCCn1cnc(C(=O)O)c1. The van der Waals surface area contributed by atoms with Crippen LogP contribution in [0, 0.1) is 11.3 Å². The van der Waals surface area contributed by atoms with E-state index in [-0.39, 0.29) is 5.69 Å². The molecule has 1 aromatic heterocycles. The molecule has 0 unspecified atom stereocenters. The molecule has 0 fully saturated rings. The normalized spacial score (nSPS) is 10.0. The first-order valence-corrected chi connectivity index (χ1v) is 6.58. The van der Waals surface area contributed by atoms with Crippen LogP contribution in [0.1, 0.15) is 16.1 Å². The molecule has 6 nitrogen and oxygen atoms in total. The molecule has 0 saturated heterocycles. The molecule has 0 bridgehead atoms. The first-order valence-electron chi connectivity index (χ1n) is 5.79. The summed E-state index contributed by atoms with van der Waals surface area (Å²) in [6.45, 7) is 1.11. The standard InChI is InChI=1S/C13H11BrN4O2/c14-10-2-1-9(6-15)11(5-10)16-3-4-18-7-12(13(19)20)17-8-18/h1-2,5,7-8,16H,3-4H2,(H,19,20). The van der Waals surface area contributed by atoms with Gasteiger partial charge >= 0.3 is 5.97 Å². The first kappa shape index (κ1) is 14.1. The number of anilines is 1. The van der Waals surface area contributed by atoms with E-state index < -0.39 is 5.97 Å². The summed E-state index contributed by atoms with van der Waals surface area (Å²) in [4.78, 5) is 14.5. The Morgan fingerprint density at radius 2 is 2.35 bits per heavy atom. The van der Waals surface area contributed by atoms with E-state index in [9.17, 15) is 4.79 Å². The van der Waals surface area contributed by atoms with Gasteiger partial charge in [0, 0.05) is 23.8 Å². The van der Waals surface area contributed by atoms with Crippen molar-refractivity contribution in [3.63, 3.8) is 0 Å². The lowest BCUT2D eigenvalue weighted by atomic mass is 10.2. The molecule has 1 heterocycles. The van der Waals surface area contributed by atoms with Gasteiger partial charge < -0.3 is 15.0 Å². The molecule has 0 aliphatic carbocycles. The number of aromatic carboxylic acids is 1. The van der Waals surface area contributed by atoms with Crippen LogP contribution in [-0.4, -0.2) is 27.2 Å². The maximum Gasteiger partial charge on any atom is 0.356 e. The number of carboxylic acid groups (broad SMARTS) is 1. The number of hydrogen-bond acceptors (Lipinski definition) is 4. The Bertz CT molecular complexity index is 675. The number of hydrogen-bond donors (Lipinski definition) is 2. The third-order valence-electron chi connectivity index (χ3n) is 2.64. The Labute approximate surface area is 123 Å². The molecule has 0 saturated carbocycles. The van der Waals surface area contributed by atoms with Crippen LogP contribution in [-0.2, 0) is 6.54 Å². The van der Waals surface area contributed by atoms with Gasteiger partial charge in [-0.15, -0.1) is 0 Å². The number of imidazole rings is 1. The van der Waals surface area contributed by atoms with Crippen LogP contribution in [0.5, 0.6) is 0 Å². The van der Waals surface area contributed by atoms with Crippen molar-refractivity contribution in [1.82, 2.24) is 9.55 Å². The predicted octanol–water partition coefficient (Wildman–Crippen LogP) is 2.33. The number of nitriles is 1. The smallest absolute Gasteiger partial charge is 0.356 e. The summed E-state index contributed by atoms with van der Waals surface area (Å²) in [5.41, 5.74) is 1.32. The van der Waals surface area contributed by atoms with Gasteiger partial charge in [-0.1, -0.05) is 15.9 Å². The van der Waals surface area contributed by atoms with Gasteiger partial charge in [0.15, 0.2) is 5.69 Å². The summed E-state index contributed by atoms with van der Waals surface area (Å²) >= 11 is 3.35. The van der Waals surface area contributed by atoms with Crippen molar-refractivity contribution in [3.8, 4) is 6.07 Å². The monoisotopic (exact) mass is 334 g/mol. The van der Waals surface area contributed by atoms with Gasteiger partial charge in [0.2, 0.25) is 0 Å². The topological polar surface area (TPSA) is 90.9 Å². The number of benzene rings is 1. The number of carbonyl (C=O) groups is 1. The molecule has 0 aliphatic rings. The summed E-state index contributed by atoms with van der Waals surface area (Å²) in [5.74, 6) is -1.05. The molecule has 102 valence electrons. The van der Waals surface area contributed by atoms with Crippen LogP contribution >= 0.6 is 15.9 Å². The van der Waals surface area contributed by atoms with Crippen LogP contribution < -0.4 is 5.32 Å².